The molecule has 0 spiro atoms. The number of benzene rings is 3. The molecular formula is C25H21BrO4. The Morgan fingerprint density at radius 3 is 1.97 bits per heavy atom. The standard InChI is InChI=1S/C25H21BrO4/c1-2-30-25(29)22(24(28)19-15-9-10-16-20(19)26)21(17-11-5-3-6-12-17)23(27)18-13-7-4-8-14-18/h3-16,21-22H,2H2,1H3. The van der Waals surface area contributed by atoms with E-state index < -0.39 is 23.6 Å². The van der Waals surface area contributed by atoms with Crippen LogP contribution in [0.1, 0.15) is 39.1 Å². The Hall–Kier alpha value is -3.05. The SMILES string of the molecule is CCOC(=O)C(C(=O)c1ccccc1Br)C(C(=O)c1ccccc1)c1ccccc1. The van der Waals surface area contributed by atoms with E-state index in [9.17, 15) is 14.4 Å². The van der Waals surface area contributed by atoms with Gasteiger partial charge in [-0.05, 0) is 18.6 Å². The predicted molar refractivity (Wildman–Crippen MR) is 119 cm³/mol. The second kappa shape index (κ2) is 10.1. The van der Waals surface area contributed by atoms with E-state index in [1.807, 2.05) is 12.1 Å². The molecule has 3 rings (SSSR count). The number of hydrogen-bond donors (Lipinski definition) is 0. The van der Waals surface area contributed by atoms with E-state index in [2.05, 4.69) is 15.9 Å². The van der Waals surface area contributed by atoms with Crippen LogP contribution in [0.15, 0.2) is 89.4 Å². The third kappa shape index (κ3) is 4.74. The molecule has 0 bridgehead atoms. The molecule has 4 nitrogen and oxygen atoms in total. The highest BCUT2D eigenvalue weighted by molar-refractivity contribution is 9.10. The first-order valence-corrected chi connectivity index (χ1v) is 10.4. The second-order valence-corrected chi connectivity index (χ2v) is 7.55. The Bertz CT molecular complexity index is 1030. The molecule has 0 aliphatic heterocycles. The van der Waals surface area contributed by atoms with Gasteiger partial charge in [0.2, 0.25) is 0 Å². The fraction of sp³-hybridized carbons (Fsp3) is 0.160. The number of carbonyl (C=O) groups is 3. The van der Waals surface area contributed by atoms with Crippen LogP contribution < -0.4 is 0 Å². The molecule has 30 heavy (non-hydrogen) atoms. The van der Waals surface area contributed by atoms with Gasteiger partial charge in [-0.15, -0.1) is 0 Å². The smallest absolute Gasteiger partial charge is 0.317 e. The summed E-state index contributed by atoms with van der Waals surface area (Å²) >= 11 is 3.38. The predicted octanol–water partition coefficient (Wildman–Crippen LogP) is 5.48. The van der Waals surface area contributed by atoms with Crippen molar-refractivity contribution in [1.82, 2.24) is 0 Å². The van der Waals surface area contributed by atoms with E-state index in [-0.39, 0.29) is 12.4 Å². The maximum absolute atomic E-state index is 13.5. The van der Waals surface area contributed by atoms with Crippen LogP contribution in [-0.4, -0.2) is 24.1 Å². The lowest BCUT2D eigenvalue weighted by molar-refractivity contribution is -0.146. The lowest BCUT2D eigenvalue weighted by Crippen LogP contribution is -2.36. The highest BCUT2D eigenvalue weighted by Gasteiger charge is 2.42. The largest absolute Gasteiger partial charge is 0.465 e. The average molecular weight is 465 g/mol. The van der Waals surface area contributed by atoms with Crippen molar-refractivity contribution in [3.05, 3.63) is 106 Å². The summed E-state index contributed by atoms with van der Waals surface area (Å²) in [6.07, 6.45) is 0. The number of ether oxygens (including phenoxy) is 1. The minimum Gasteiger partial charge on any atom is -0.465 e. The first kappa shape index (κ1) is 21.7. The Morgan fingerprint density at radius 2 is 1.37 bits per heavy atom. The molecule has 2 atom stereocenters. The number of Topliss-reactive ketones (excluding diaryl/α,β-unsaturated/α-hetero) is 2. The number of esters is 1. The normalized spacial score (nSPS) is 12.6. The summed E-state index contributed by atoms with van der Waals surface area (Å²) in [7, 11) is 0. The lowest BCUT2D eigenvalue weighted by atomic mass is 9.77. The molecule has 2 unspecified atom stereocenters. The second-order valence-electron chi connectivity index (χ2n) is 6.69. The summed E-state index contributed by atoms with van der Waals surface area (Å²) in [5, 5.41) is 0. The first-order valence-electron chi connectivity index (χ1n) is 9.64. The van der Waals surface area contributed by atoms with Crippen molar-refractivity contribution >= 4 is 33.5 Å². The van der Waals surface area contributed by atoms with Gasteiger partial charge < -0.3 is 4.74 Å². The topological polar surface area (TPSA) is 60.4 Å². The van der Waals surface area contributed by atoms with Gasteiger partial charge >= 0.3 is 5.97 Å². The van der Waals surface area contributed by atoms with Gasteiger partial charge in [-0.25, -0.2) is 0 Å². The summed E-state index contributed by atoms with van der Waals surface area (Å²) in [6.45, 7) is 1.79. The molecule has 0 N–H and O–H groups in total. The number of carbonyl (C=O) groups excluding carboxylic acids is 3. The molecule has 0 radical (unpaired) electrons. The van der Waals surface area contributed by atoms with E-state index in [1.54, 1.807) is 79.7 Å². The van der Waals surface area contributed by atoms with Crippen molar-refractivity contribution in [3.63, 3.8) is 0 Å². The molecular weight excluding hydrogens is 444 g/mol. The van der Waals surface area contributed by atoms with E-state index in [0.29, 0.717) is 21.2 Å². The van der Waals surface area contributed by atoms with Crippen LogP contribution in [0.5, 0.6) is 0 Å². The zero-order valence-corrected chi connectivity index (χ0v) is 18.0. The van der Waals surface area contributed by atoms with Crippen LogP contribution in [0.25, 0.3) is 0 Å². The highest BCUT2D eigenvalue weighted by Crippen LogP contribution is 2.34. The van der Waals surface area contributed by atoms with Crippen LogP contribution in [0.3, 0.4) is 0 Å². The molecule has 5 heteroatoms. The zero-order valence-electron chi connectivity index (χ0n) is 16.5. The summed E-state index contributed by atoms with van der Waals surface area (Å²) < 4.78 is 5.81. The van der Waals surface area contributed by atoms with Crippen LogP contribution >= 0.6 is 15.9 Å². The Balaban J connectivity index is 2.16. The molecule has 3 aromatic carbocycles. The monoisotopic (exact) mass is 464 g/mol. The summed E-state index contributed by atoms with van der Waals surface area (Å²) in [6, 6.07) is 24.4. The van der Waals surface area contributed by atoms with Crippen molar-refractivity contribution in [2.45, 2.75) is 12.8 Å². The number of ketones is 2. The maximum Gasteiger partial charge on any atom is 0.317 e. The first-order chi connectivity index (χ1) is 14.5. The molecule has 0 amide bonds. The fourth-order valence-corrected chi connectivity index (χ4v) is 3.87. The quantitative estimate of drug-likeness (QED) is 0.251. The number of halogens is 1. The number of rotatable bonds is 8. The Morgan fingerprint density at radius 1 is 0.800 bits per heavy atom. The van der Waals surface area contributed by atoms with E-state index in [4.69, 9.17) is 4.74 Å². The van der Waals surface area contributed by atoms with Gasteiger partial charge in [-0.1, -0.05) is 94.8 Å². The molecule has 0 aromatic heterocycles. The van der Waals surface area contributed by atoms with E-state index >= 15 is 0 Å². The molecule has 0 saturated heterocycles. The van der Waals surface area contributed by atoms with Crippen molar-refractivity contribution in [3.8, 4) is 0 Å². The van der Waals surface area contributed by atoms with Gasteiger partial charge in [0.1, 0.15) is 5.92 Å². The van der Waals surface area contributed by atoms with E-state index in [0.717, 1.165) is 0 Å². The summed E-state index contributed by atoms with van der Waals surface area (Å²) in [4.78, 5) is 40.1. The molecule has 0 saturated carbocycles. The van der Waals surface area contributed by atoms with Gasteiger partial charge in [0.05, 0.1) is 12.5 Å². The van der Waals surface area contributed by atoms with Gasteiger partial charge in [0, 0.05) is 15.6 Å². The van der Waals surface area contributed by atoms with E-state index in [1.165, 1.54) is 0 Å². The molecule has 0 aliphatic carbocycles. The van der Waals surface area contributed by atoms with Crippen molar-refractivity contribution in [2.24, 2.45) is 5.92 Å². The molecule has 3 aromatic rings. The summed E-state index contributed by atoms with van der Waals surface area (Å²) in [5.74, 6) is -3.79. The van der Waals surface area contributed by atoms with Gasteiger partial charge in [-0.2, -0.15) is 0 Å². The van der Waals surface area contributed by atoms with Gasteiger partial charge in [0.25, 0.3) is 0 Å². The molecule has 0 fully saturated rings. The van der Waals surface area contributed by atoms with Gasteiger partial charge in [0.15, 0.2) is 11.6 Å². The molecule has 0 aliphatic rings. The third-order valence-corrected chi connectivity index (χ3v) is 5.49. The minimum absolute atomic E-state index is 0.111. The maximum atomic E-state index is 13.5. The van der Waals surface area contributed by atoms with Crippen LogP contribution in [0, 0.1) is 5.92 Å². The third-order valence-electron chi connectivity index (χ3n) is 4.80. The van der Waals surface area contributed by atoms with Crippen LogP contribution in [0.2, 0.25) is 0 Å². The van der Waals surface area contributed by atoms with Crippen molar-refractivity contribution in [2.75, 3.05) is 6.61 Å². The highest BCUT2D eigenvalue weighted by atomic mass is 79.9. The molecule has 0 heterocycles. The van der Waals surface area contributed by atoms with Gasteiger partial charge in [-0.3, -0.25) is 14.4 Å². The van der Waals surface area contributed by atoms with Crippen molar-refractivity contribution < 1.29 is 19.1 Å². The number of hydrogen-bond acceptors (Lipinski definition) is 4. The molecule has 152 valence electrons. The fourth-order valence-electron chi connectivity index (χ4n) is 3.39. The van der Waals surface area contributed by atoms with Crippen LogP contribution in [-0.2, 0) is 9.53 Å². The Labute approximate surface area is 184 Å². The zero-order chi connectivity index (χ0) is 21.5. The van der Waals surface area contributed by atoms with Crippen molar-refractivity contribution in [1.29, 1.82) is 0 Å². The summed E-state index contributed by atoms with van der Waals surface area (Å²) in [5.41, 5.74) is 1.35. The lowest BCUT2D eigenvalue weighted by Gasteiger charge is -2.25. The minimum atomic E-state index is -1.31. The van der Waals surface area contributed by atoms with Crippen LogP contribution in [0.4, 0.5) is 0 Å². The average Bonchev–Trinajstić information content (AvgIpc) is 2.78. The Kier molecular flexibility index (Phi) is 7.31.